The van der Waals surface area contributed by atoms with Crippen LogP contribution in [0, 0.1) is 0 Å². The van der Waals surface area contributed by atoms with Gasteiger partial charge < -0.3 is 25.0 Å². The Hall–Kier alpha value is -2.34. The van der Waals surface area contributed by atoms with Crippen LogP contribution in [0.2, 0.25) is 0 Å². The Morgan fingerprint density at radius 3 is 2.68 bits per heavy atom. The molecule has 1 aromatic heterocycles. The van der Waals surface area contributed by atoms with Crippen LogP contribution in [0.25, 0.3) is 10.9 Å². The average molecular weight is 339 g/mol. The van der Waals surface area contributed by atoms with Gasteiger partial charge in [-0.1, -0.05) is 24.3 Å². The second-order valence-corrected chi connectivity index (χ2v) is 6.54. The summed E-state index contributed by atoms with van der Waals surface area (Å²) in [6.45, 7) is -0.546. The largest absolute Gasteiger partial charge is 0.491 e. The Morgan fingerprint density at radius 1 is 1.00 bits per heavy atom. The number of para-hydroxylation sites is 1. The topological polar surface area (TPSA) is 85.7 Å². The summed E-state index contributed by atoms with van der Waals surface area (Å²) >= 11 is 0. The molecule has 25 heavy (non-hydrogen) atoms. The smallest absolute Gasteiger partial charge is 0.119 e. The number of aliphatic hydroxyl groups is 3. The van der Waals surface area contributed by atoms with Gasteiger partial charge in [0, 0.05) is 29.4 Å². The van der Waals surface area contributed by atoms with E-state index < -0.39 is 18.8 Å². The van der Waals surface area contributed by atoms with Gasteiger partial charge in [-0.15, -0.1) is 0 Å². The van der Waals surface area contributed by atoms with Gasteiger partial charge in [0.15, 0.2) is 0 Å². The van der Waals surface area contributed by atoms with Crippen LogP contribution in [-0.2, 0) is 12.8 Å². The van der Waals surface area contributed by atoms with Crippen LogP contribution in [0.4, 0.5) is 0 Å². The highest BCUT2D eigenvalue weighted by Gasteiger charge is 2.21. The minimum atomic E-state index is -1.19. The molecule has 1 heterocycles. The highest BCUT2D eigenvalue weighted by molar-refractivity contribution is 5.85. The number of aromatic amines is 1. The van der Waals surface area contributed by atoms with Crippen molar-refractivity contribution in [1.29, 1.82) is 0 Å². The van der Waals surface area contributed by atoms with Crippen molar-refractivity contribution in [3.8, 4) is 5.75 Å². The van der Waals surface area contributed by atoms with E-state index in [1.54, 1.807) is 0 Å². The maximum absolute atomic E-state index is 9.69. The summed E-state index contributed by atoms with van der Waals surface area (Å²) in [7, 11) is 0. The maximum atomic E-state index is 9.69. The van der Waals surface area contributed by atoms with Crippen molar-refractivity contribution in [1.82, 2.24) is 4.98 Å². The van der Waals surface area contributed by atoms with E-state index in [1.165, 1.54) is 27.8 Å². The number of ether oxygens (including phenoxy) is 1. The van der Waals surface area contributed by atoms with E-state index in [0.29, 0.717) is 5.75 Å². The van der Waals surface area contributed by atoms with E-state index >= 15 is 0 Å². The zero-order valence-electron chi connectivity index (χ0n) is 13.8. The summed E-state index contributed by atoms with van der Waals surface area (Å²) in [5, 5.41) is 29.2. The van der Waals surface area contributed by atoms with Crippen molar-refractivity contribution in [3.63, 3.8) is 0 Å². The molecule has 5 heteroatoms. The SMILES string of the molecule is OC[C@@H](O)[C@H](O)COc1ccc2c(c1)Cc1[nH]c3ccccc3c1C2. The van der Waals surface area contributed by atoms with E-state index in [1.807, 2.05) is 18.2 Å². The standard InChI is InChI=1S/C20H21NO4/c22-10-19(23)20(24)11-25-14-6-5-12-8-16-15-3-1-2-4-17(15)21-18(16)9-13(12)7-14/h1-7,19-24H,8-11H2/t19-,20-/m1/s1. The molecule has 5 nitrogen and oxygen atoms in total. The summed E-state index contributed by atoms with van der Waals surface area (Å²) in [5.41, 5.74) is 6.24. The molecule has 0 saturated carbocycles. The zero-order chi connectivity index (χ0) is 17.4. The second kappa shape index (κ2) is 6.52. The summed E-state index contributed by atoms with van der Waals surface area (Å²) in [6.07, 6.45) is -0.591. The van der Waals surface area contributed by atoms with Gasteiger partial charge in [0.1, 0.15) is 24.6 Å². The molecule has 4 N–H and O–H groups in total. The Labute approximate surface area is 145 Å². The number of nitrogens with one attached hydrogen (secondary N) is 1. The molecular formula is C20H21NO4. The molecule has 0 spiro atoms. The number of benzene rings is 2. The normalized spacial score (nSPS) is 15.5. The Bertz CT molecular complexity index is 902. The molecule has 1 aliphatic carbocycles. The molecule has 3 aromatic rings. The number of aliphatic hydroxyl groups excluding tert-OH is 3. The van der Waals surface area contributed by atoms with Gasteiger partial charge >= 0.3 is 0 Å². The van der Waals surface area contributed by atoms with Crippen LogP contribution in [0.3, 0.4) is 0 Å². The Morgan fingerprint density at radius 2 is 1.84 bits per heavy atom. The quantitative estimate of drug-likeness (QED) is 0.446. The monoisotopic (exact) mass is 339 g/mol. The van der Waals surface area contributed by atoms with Gasteiger partial charge in [-0.25, -0.2) is 0 Å². The number of rotatable bonds is 5. The van der Waals surface area contributed by atoms with Gasteiger partial charge in [0.2, 0.25) is 0 Å². The third kappa shape index (κ3) is 3.02. The minimum Gasteiger partial charge on any atom is -0.491 e. The first-order chi connectivity index (χ1) is 12.2. The van der Waals surface area contributed by atoms with Crippen LogP contribution in [0.5, 0.6) is 5.75 Å². The summed E-state index contributed by atoms with van der Waals surface area (Å²) in [4.78, 5) is 3.51. The fourth-order valence-electron chi connectivity index (χ4n) is 3.43. The number of aromatic nitrogens is 1. The fraction of sp³-hybridized carbons (Fsp3) is 0.300. The highest BCUT2D eigenvalue weighted by Crippen LogP contribution is 2.33. The van der Waals surface area contributed by atoms with Gasteiger partial charge in [0.05, 0.1) is 6.61 Å². The molecule has 0 radical (unpaired) electrons. The van der Waals surface area contributed by atoms with Crippen LogP contribution in [-0.4, -0.2) is 45.7 Å². The number of hydrogen-bond donors (Lipinski definition) is 4. The average Bonchev–Trinajstić information content (AvgIpc) is 3.00. The zero-order valence-corrected chi connectivity index (χ0v) is 13.8. The second-order valence-electron chi connectivity index (χ2n) is 6.54. The molecule has 2 aromatic carbocycles. The van der Waals surface area contributed by atoms with Crippen molar-refractivity contribution in [3.05, 3.63) is 64.8 Å². The van der Waals surface area contributed by atoms with E-state index in [4.69, 9.17) is 9.84 Å². The van der Waals surface area contributed by atoms with Gasteiger partial charge in [-0.05, 0) is 34.9 Å². The van der Waals surface area contributed by atoms with E-state index in [9.17, 15) is 10.2 Å². The van der Waals surface area contributed by atoms with Crippen molar-refractivity contribution >= 4 is 10.9 Å². The van der Waals surface area contributed by atoms with E-state index in [2.05, 4.69) is 29.2 Å². The van der Waals surface area contributed by atoms with E-state index in [0.717, 1.165) is 18.4 Å². The fourth-order valence-corrected chi connectivity index (χ4v) is 3.43. The van der Waals surface area contributed by atoms with Gasteiger partial charge in [-0.3, -0.25) is 0 Å². The molecule has 0 amide bonds. The molecule has 0 fully saturated rings. The first-order valence-electron chi connectivity index (χ1n) is 8.45. The highest BCUT2D eigenvalue weighted by atomic mass is 16.5. The van der Waals surface area contributed by atoms with Crippen molar-refractivity contribution < 1.29 is 20.1 Å². The minimum absolute atomic E-state index is 0.0574. The van der Waals surface area contributed by atoms with Crippen LogP contribution in [0.1, 0.15) is 22.4 Å². The molecule has 2 atom stereocenters. The summed E-state index contributed by atoms with van der Waals surface area (Å²) in [6, 6.07) is 14.3. The van der Waals surface area contributed by atoms with Crippen molar-refractivity contribution in [2.24, 2.45) is 0 Å². The first-order valence-corrected chi connectivity index (χ1v) is 8.45. The lowest BCUT2D eigenvalue weighted by atomic mass is 9.89. The number of H-pyrrole nitrogens is 1. The molecule has 0 aliphatic heterocycles. The molecule has 1 aliphatic rings. The van der Waals surface area contributed by atoms with Crippen LogP contribution >= 0.6 is 0 Å². The third-order valence-electron chi connectivity index (χ3n) is 4.87. The molecule has 0 bridgehead atoms. The first kappa shape index (κ1) is 16.1. The predicted molar refractivity (Wildman–Crippen MR) is 94.9 cm³/mol. The van der Waals surface area contributed by atoms with Gasteiger partial charge in [0.25, 0.3) is 0 Å². The molecule has 4 rings (SSSR count). The summed E-state index contributed by atoms with van der Waals surface area (Å²) in [5.74, 6) is 0.655. The number of fused-ring (bicyclic) bond motifs is 4. The lowest BCUT2D eigenvalue weighted by molar-refractivity contribution is -0.0339. The third-order valence-corrected chi connectivity index (χ3v) is 4.87. The lowest BCUT2D eigenvalue weighted by Gasteiger charge is -2.20. The predicted octanol–water partition coefficient (Wildman–Crippen LogP) is 1.76. The molecule has 0 saturated heterocycles. The van der Waals surface area contributed by atoms with Crippen molar-refractivity contribution in [2.45, 2.75) is 25.0 Å². The van der Waals surface area contributed by atoms with Crippen molar-refractivity contribution in [2.75, 3.05) is 13.2 Å². The summed E-state index contributed by atoms with van der Waals surface area (Å²) < 4.78 is 5.57. The molecular weight excluding hydrogens is 318 g/mol. The van der Waals surface area contributed by atoms with Gasteiger partial charge in [-0.2, -0.15) is 0 Å². The lowest BCUT2D eigenvalue weighted by Crippen LogP contribution is -2.34. The Balaban J connectivity index is 1.54. The maximum Gasteiger partial charge on any atom is 0.119 e. The van der Waals surface area contributed by atoms with E-state index in [-0.39, 0.29) is 6.61 Å². The Kier molecular flexibility index (Phi) is 4.21. The molecule has 130 valence electrons. The number of hydrogen-bond acceptors (Lipinski definition) is 4. The molecule has 0 unspecified atom stereocenters. The van der Waals surface area contributed by atoms with Crippen LogP contribution < -0.4 is 4.74 Å². The van der Waals surface area contributed by atoms with Crippen LogP contribution in [0.15, 0.2) is 42.5 Å².